The van der Waals surface area contributed by atoms with Crippen molar-refractivity contribution in [1.82, 2.24) is 10.3 Å². The molecule has 0 spiro atoms. The van der Waals surface area contributed by atoms with E-state index in [-0.39, 0.29) is 24.7 Å². The Kier molecular flexibility index (Phi) is 7.19. The lowest BCUT2D eigenvalue weighted by Gasteiger charge is -2.20. The van der Waals surface area contributed by atoms with E-state index in [0.29, 0.717) is 22.9 Å². The van der Waals surface area contributed by atoms with Crippen molar-refractivity contribution < 1.29 is 24.0 Å². The standard InChI is InChI=1S/C26H25N3O5/c1-17-8-10-19(11-9-17)24(27-20-14-21(32-2)16-22(15-20)33-13-12-30)26(31)25-23(28-34-29-25)18-6-4-3-5-7-18/h3-11,14-16,24,27,30H,12-13H2,1-2H3. The summed E-state index contributed by atoms with van der Waals surface area (Å²) in [4.78, 5) is 13.8. The second-order valence-electron chi connectivity index (χ2n) is 7.65. The van der Waals surface area contributed by atoms with Crippen molar-refractivity contribution in [2.45, 2.75) is 13.0 Å². The van der Waals surface area contributed by atoms with Crippen LogP contribution in [0.1, 0.15) is 27.7 Å². The Bertz CT molecular complexity index is 1240. The van der Waals surface area contributed by atoms with Gasteiger partial charge in [0.1, 0.15) is 29.8 Å². The number of aliphatic hydroxyl groups is 1. The summed E-state index contributed by atoms with van der Waals surface area (Å²) in [7, 11) is 1.55. The van der Waals surface area contributed by atoms with Crippen molar-refractivity contribution in [2.24, 2.45) is 0 Å². The molecule has 1 unspecified atom stereocenters. The number of carbonyl (C=O) groups excluding carboxylic acids is 1. The first-order valence-electron chi connectivity index (χ1n) is 10.8. The van der Waals surface area contributed by atoms with Gasteiger partial charge in [0.2, 0.25) is 5.78 Å². The van der Waals surface area contributed by atoms with Crippen LogP contribution in [0.15, 0.2) is 77.4 Å². The minimum atomic E-state index is -0.784. The minimum absolute atomic E-state index is 0.119. The first-order chi connectivity index (χ1) is 16.6. The van der Waals surface area contributed by atoms with Crippen molar-refractivity contribution in [2.75, 3.05) is 25.6 Å². The number of aryl methyl sites for hydroxylation is 1. The number of methoxy groups -OCH3 is 1. The fraction of sp³-hybridized carbons (Fsp3) is 0.192. The second-order valence-corrected chi connectivity index (χ2v) is 7.65. The maximum Gasteiger partial charge on any atom is 0.213 e. The summed E-state index contributed by atoms with van der Waals surface area (Å²) in [5.74, 6) is 0.741. The Balaban J connectivity index is 1.73. The number of anilines is 1. The van der Waals surface area contributed by atoms with Crippen molar-refractivity contribution in [3.05, 3.63) is 89.6 Å². The zero-order valence-electron chi connectivity index (χ0n) is 18.9. The third kappa shape index (κ3) is 5.24. The van der Waals surface area contributed by atoms with E-state index in [1.165, 1.54) is 0 Å². The van der Waals surface area contributed by atoms with E-state index in [2.05, 4.69) is 15.6 Å². The van der Waals surface area contributed by atoms with Gasteiger partial charge < -0.3 is 19.9 Å². The van der Waals surface area contributed by atoms with E-state index < -0.39 is 6.04 Å². The number of aromatic nitrogens is 2. The van der Waals surface area contributed by atoms with Gasteiger partial charge in [0.15, 0.2) is 5.69 Å². The van der Waals surface area contributed by atoms with E-state index in [0.717, 1.165) is 16.7 Å². The van der Waals surface area contributed by atoms with Crippen LogP contribution in [-0.2, 0) is 0 Å². The van der Waals surface area contributed by atoms with Gasteiger partial charge in [-0.1, -0.05) is 60.2 Å². The van der Waals surface area contributed by atoms with E-state index >= 15 is 0 Å². The van der Waals surface area contributed by atoms with Gasteiger partial charge in [-0.15, -0.1) is 0 Å². The number of hydrogen-bond acceptors (Lipinski definition) is 8. The molecule has 8 nitrogen and oxygen atoms in total. The Morgan fingerprint density at radius 1 is 1.03 bits per heavy atom. The molecule has 3 aromatic carbocycles. The van der Waals surface area contributed by atoms with Gasteiger partial charge >= 0.3 is 0 Å². The largest absolute Gasteiger partial charge is 0.497 e. The molecule has 4 aromatic rings. The molecular formula is C26H25N3O5. The molecule has 1 heterocycles. The van der Waals surface area contributed by atoms with Gasteiger partial charge in [-0.2, -0.15) is 0 Å². The number of rotatable bonds is 10. The predicted octanol–water partition coefficient (Wildman–Crippen LogP) is 4.46. The highest BCUT2D eigenvalue weighted by molar-refractivity contribution is 6.04. The van der Waals surface area contributed by atoms with Crippen molar-refractivity contribution in [1.29, 1.82) is 0 Å². The van der Waals surface area contributed by atoms with Crippen molar-refractivity contribution >= 4 is 11.5 Å². The fourth-order valence-corrected chi connectivity index (χ4v) is 3.52. The van der Waals surface area contributed by atoms with Crippen molar-refractivity contribution in [3.8, 4) is 22.8 Å². The fourth-order valence-electron chi connectivity index (χ4n) is 3.52. The molecule has 0 fully saturated rings. The average Bonchev–Trinajstić information content (AvgIpc) is 3.37. The molecule has 0 saturated carbocycles. The molecule has 2 N–H and O–H groups in total. The molecule has 0 aliphatic rings. The molecule has 0 amide bonds. The Morgan fingerprint density at radius 3 is 2.47 bits per heavy atom. The van der Waals surface area contributed by atoms with Crippen LogP contribution >= 0.6 is 0 Å². The lowest BCUT2D eigenvalue weighted by atomic mass is 9.97. The summed E-state index contributed by atoms with van der Waals surface area (Å²) in [6.45, 7) is 2.00. The van der Waals surface area contributed by atoms with Crippen LogP contribution in [-0.4, -0.2) is 41.5 Å². The normalized spacial score (nSPS) is 11.6. The van der Waals surface area contributed by atoms with E-state index in [9.17, 15) is 4.79 Å². The molecule has 0 saturated heterocycles. The number of carbonyl (C=O) groups is 1. The first-order valence-corrected chi connectivity index (χ1v) is 10.8. The molecule has 4 rings (SSSR count). The number of nitrogens with one attached hydrogen (secondary N) is 1. The second kappa shape index (κ2) is 10.6. The number of ketones is 1. The first kappa shape index (κ1) is 23.0. The molecule has 0 aliphatic carbocycles. The van der Waals surface area contributed by atoms with Gasteiger partial charge in [-0.3, -0.25) is 4.79 Å². The Hall–Kier alpha value is -4.17. The maximum atomic E-state index is 13.8. The highest BCUT2D eigenvalue weighted by Gasteiger charge is 2.29. The van der Waals surface area contributed by atoms with Crippen LogP contribution in [0.5, 0.6) is 11.5 Å². The number of ether oxygens (including phenoxy) is 2. The SMILES string of the molecule is COc1cc(NC(C(=O)c2nonc2-c2ccccc2)c2ccc(C)cc2)cc(OCCO)c1. The van der Waals surface area contributed by atoms with E-state index in [1.807, 2.05) is 61.5 Å². The third-order valence-corrected chi connectivity index (χ3v) is 5.23. The summed E-state index contributed by atoms with van der Waals surface area (Å²) >= 11 is 0. The number of aliphatic hydroxyl groups excluding tert-OH is 1. The number of hydrogen-bond donors (Lipinski definition) is 2. The van der Waals surface area contributed by atoms with Crippen molar-refractivity contribution in [3.63, 3.8) is 0 Å². The molecule has 1 atom stereocenters. The summed E-state index contributed by atoms with van der Waals surface area (Å²) in [5, 5.41) is 20.3. The lowest BCUT2D eigenvalue weighted by Crippen LogP contribution is -2.22. The highest BCUT2D eigenvalue weighted by atomic mass is 16.6. The zero-order valence-corrected chi connectivity index (χ0v) is 18.9. The van der Waals surface area contributed by atoms with Gasteiger partial charge in [0.25, 0.3) is 0 Å². The Morgan fingerprint density at radius 2 is 1.76 bits per heavy atom. The van der Waals surface area contributed by atoms with Crippen LogP contribution in [0.25, 0.3) is 11.3 Å². The molecular weight excluding hydrogens is 434 g/mol. The van der Waals surface area contributed by atoms with Gasteiger partial charge in [-0.25, -0.2) is 4.63 Å². The molecule has 174 valence electrons. The van der Waals surface area contributed by atoms with E-state index in [1.54, 1.807) is 25.3 Å². The molecule has 0 bridgehead atoms. The predicted molar refractivity (Wildman–Crippen MR) is 127 cm³/mol. The summed E-state index contributed by atoms with van der Waals surface area (Å²) in [6, 6.07) is 21.4. The molecule has 1 aromatic heterocycles. The molecule has 8 heteroatoms. The number of nitrogens with zero attached hydrogens (tertiary/aromatic N) is 2. The highest BCUT2D eigenvalue weighted by Crippen LogP contribution is 2.32. The van der Waals surface area contributed by atoms with Crippen LogP contribution in [0.4, 0.5) is 5.69 Å². The third-order valence-electron chi connectivity index (χ3n) is 5.23. The minimum Gasteiger partial charge on any atom is -0.497 e. The summed E-state index contributed by atoms with van der Waals surface area (Å²) in [5.41, 5.74) is 3.66. The van der Waals surface area contributed by atoms with Gasteiger partial charge in [0, 0.05) is 29.4 Å². The van der Waals surface area contributed by atoms with Crippen LogP contribution in [0.2, 0.25) is 0 Å². The number of Topliss-reactive ketones (excluding diaryl/α,β-unsaturated/α-hetero) is 1. The molecule has 0 radical (unpaired) electrons. The monoisotopic (exact) mass is 459 g/mol. The van der Waals surface area contributed by atoms with Crippen LogP contribution < -0.4 is 14.8 Å². The lowest BCUT2D eigenvalue weighted by molar-refractivity contribution is 0.0960. The smallest absolute Gasteiger partial charge is 0.213 e. The quantitative estimate of drug-likeness (QED) is 0.335. The molecule has 34 heavy (non-hydrogen) atoms. The van der Waals surface area contributed by atoms with Gasteiger partial charge in [0.05, 0.1) is 13.7 Å². The Labute approximate surface area is 197 Å². The topological polar surface area (TPSA) is 107 Å². The summed E-state index contributed by atoms with van der Waals surface area (Å²) < 4.78 is 15.9. The van der Waals surface area contributed by atoms with Gasteiger partial charge in [-0.05, 0) is 22.8 Å². The number of benzene rings is 3. The van der Waals surface area contributed by atoms with Crippen LogP contribution in [0, 0.1) is 6.92 Å². The van der Waals surface area contributed by atoms with Crippen LogP contribution in [0.3, 0.4) is 0 Å². The zero-order chi connectivity index (χ0) is 23.9. The molecule has 0 aliphatic heterocycles. The van der Waals surface area contributed by atoms with E-state index in [4.69, 9.17) is 19.2 Å². The average molecular weight is 460 g/mol. The maximum absolute atomic E-state index is 13.8. The summed E-state index contributed by atoms with van der Waals surface area (Å²) in [6.07, 6.45) is 0.